The van der Waals surface area contributed by atoms with Gasteiger partial charge in [-0.05, 0) is 51.8 Å². The Balaban J connectivity index is 4.03. The molecule has 0 aromatic heterocycles. The van der Waals surface area contributed by atoms with E-state index in [0.29, 0.717) is 0 Å². The van der Waals surface area contributed by atoms with Crippen LogP contribution in [0.1, 0.15) is 39.5 Å². The molecular weight excluding hydrogens is 208 g/mol. The molecule has 0 rings (SSSR count). The zero-order chi connectivity index (χ0) is 13.1. The van der Waals surface area contributed by atoms with Gasteiger partial charge in [0.25, 0.3) is 0 Å². The zero-order valence-corrected chi connectivity index (χ0v) is 11.3. The van der Waals surface area contributed by atoms with Gasteiger partial charge in [-0.1, -0.05) is 31.2 Å². The average molecular weight is 234 g/mol. The molecule has 96 valence electrons. The Morgan fingerprint density at radius 3 is 2.41 bits per heavy atom. The molecule has 0 aromatic carbocycles. The summed E-state index contributed by atoms with van der Waals surface area (Å²) in [6, 6.07) is 0. The second-order valence-corrected chi connectivity index (χ2v) is 4.40. The highest BCUT2D eigenvalue weighted by atomic mass is 14.9. The van der Waals surface area contributed by atoms with E-state index in [9.17, 15) is 0 Å². The standard InChI is InChI=1S/C15H26N2/c1-5-15(11-10-13(2)3)17-14(4)9-7-6-8-12-16/h5,10-11,17H,1,4,6-9,12,16H2,2-3H3/b15-11+. The van der Waals surface area contributed by atoms with E-state index in [1.54, 1.807) is 0 Å². The van der Waals surface area contributed by atoms with Crippen LogP contribution in [-0.2, 0) is 0 Å². The van der Waals surface area contributed by atoms with Crippen molar-refractivity contribution in [2.45, 2.75) is 39.5 Å². The third-order valence-electron chi connectivity index (χ3n) is 2.32. The van der Waals surface area contributed by atoms with Gasteiger partial charge in [0.1, 0.15) is 0 Å². The Kier molecular flexibility index (Phi) is 9.17. The second kappa shape index (κ2) is 9.91. The number of unbranched alkanes of at least 4 members (excludes halogenated alkanes) is 2. The molecule has 0 saturated carbocycles. The van der Waals surface area contributed by atoms with E-state index in [0.717, 1.165) is 43.6 Å². The van der Waals surface area contributed by atoms with Gasteiger partial charge in [0, 0.05) is 11.4 Å². The lowest BCUT2D eigenvalue weighted by Gasteiger charge is -2.09. The summed E-state index contributed by atoms with van der Waals surface area (Å²) in [5, 5.41) is 3.27. The SMILES string of the molecule is C=C/C(=C\C=C(C)C)NC(=C)CCCCCN. The van der Waals surface area contributed by atoms with Gasteiger partial charge in [0.05, 0.1) is 0 Å². The summed E-state index contributed by atoms with van der Waals surface area (Å²) in [7, 11) is 0. The highest BCUT2D eigenvalue weighted by molar-refractivity contribution is 5.25. The maximum Gasteiger partial charge on any atom is 0.0375 e. The van der Waals surface area contributed by atoms with Crippen LogP contribution in [0, 0.1) is 0 Å². The molecular formula is C15H26N2. The minimum Gasteiger partial charge on any atom is -0.359 e. The Labute approximate surface area is 106 Å². The summed E-state index contributed by atoms with van der Waals surface area (Å²) in [6.07, 6.45) is 10.3. The number of hydrogen-bond donors (Lipinski definition) is 2. The van der Waals surface area contributed by atoms with E-state index in [1.165, 1.54) is 5.57 Å². The average Bonchev–Trinajstić information content (AvgIpc) is 2.30. The van der Waals surface area contributed by atoms with Crippen LogP contribution in [0.25, 0.3) is 0 Å². The predicted octanol–water partition coefficient (Wildman–Crippen LogP) is 3.64. The highest BCUT2D eigenvalue weighted by Gasteiger charge is 1.95. The molecule has 0 unspecified atom stereocenters. The monoisotopic (exact) mass is 234 g/mol. The molecule has 0 bridgehead atoms. The smallest absolute Gasteiger partial charge is 0.0375 e. The van der Waals surface area contributed by atoms with Crippen LogP contribution in [-0.4, -0.2) is 6.54 Å². The van der Waals surface area contributed by atoms with Gasteiger partial charge in [-0.25, -0.2) is 0 Å². The number of rotatable bonds is 9. The summed E-state index contributed by atoms with van der Waals surface area (Å²) in [5.41, 5.74) is 8.74. The lowest BCUT2D eigenvalue weighted by molar-refractivity contribution is 0.669. The first-order valence-electron chi connectivity index (χ1n) is 6.22. The van der Waals surface area contributed by atoms with Crippen LogP contribution < -0.4 is 11.1 Å². The van der Waals surface area contributed by atoms with Gasteiger partial charge in [-0.2, -0.15) is 0 Å². The minimum atomic E-state index is 0.776. The lowest BCUT2D eigenvalue weighted by atomic mass is 10.1. The van der Waals surface area contributed by atoms with Crippen molar-refractivity contribution in [2.75, 3.05) is 6.54 Å². The molecule has 17 heavy (non-hydrogen) atoms. The van der Waals surface area contributed by atoms with E-state index in [2.05, 4.69) is 38.4 Å². The Hall–Kier alpha value is -1.28. The summed E-state index contributed by atoms with van der Waals surface area (Å²) in [4.78, 5) is 0. The van der Waals surface area contributed by atoms with Gasteiger partial charge >= 0.3 is 0 Å². The van der Waals surface area contributed by atoms with E-state index < -0.39 is 0 Å². The van der Waals surface area contributed by atoms with Gasteiger partial charge < -0.3 is 11.1 Å². The fraction of sp³-hybridized carbons (Fsp3) is 0.467. The third-order valence-corrected chi connectivity index (χ3v) is 2.32. The van der Waals surface area contributed by atoms with Crippen LogP contribution in [0.5, 0.6) is 0 Å². The molecule has 0 atom stereocenters. The first-order chi connectivity index (χ1) is 8.10. The Morgan fingerprint density at radius 2 is 1.88 bits per heavy atom. The lowest BCUT2D eigenvalue weighted by Crippen LogP contribution is -2.10. The van der Waals surface area contributed by atoms with Gasteiger partial charge in [-0.3, -0.25) is 0 Å². The van der Waals surface area contributed by atoms with Crippen molar-refractivity contribution in [3.05, 3.63) is 48.4 Å². The molecule has 0 amide bonds. The summed E-state index contributed by atoms with van der Waals surface area (Å²) >= 11 is 0. The molecule has 0 radical (unpaired) electrons. The molecule has 0 heterocycles. The van der Waals surface area contributed by atoms with Crippen molar-refractivity contribution >= 4 is 0 Å². The maximum absolute atomic E-state index is 5.45. The van der Waals surface area contributed by atoms with Crippen molar-refractivity contribution in [1.29, 1.82) is 0 Å². The zero-order valence-electron chi connectivity index (χ0n) is 11.3. The van der Waals surface area contributed by atoms with Crippen LogP contribution in [0.3, 0.4) is 0 Å². The van der Waals surface area contributed by atoms with E-state index in [1.807, 2.05) is 12.2 Å². The molecule has 0 aliphatic rings. The predicted molar refractivity (Wildman–Crippen MR) is 77.5 cm³/mol. The van der Waals surface area contributed by atoms with Crippen molar-refractivity contribution in [3.8, 4) is 0 Å². The summed E-state index contributed by atoms with van der Waals surface area (Å²) < 4.78 is 0. The van der Waals surface area contributed by atoms with Gasteiger partial charge in [-0.15, -0.1) is 0 Å². The normalized spacial score (nSPS) is 10.9. The molecule has 0 spiro atoms. The first-order valence-corrected chi connectivity index (χ1v) is 6.22. The van der Waals surface area contributed by atoms with E-state index in [4.69, 9.17) is 5.73 Å². The number of hydrogen-bond acceptors (Lipinski definition) is 2. The summed E-state index contributed by atoms with van der Waals surface area (Å²) in [5.74, 6) is 0. The van der Waals surface area contributed by atoms with Crippen LogP contribution in [0.2, 0.25) is 0 Å². The minimum absolute atomic E-state index is 0.776. The maximum atomic E-state index is 5.45. The number of nitrogens with one attached hydrogen (secondary N) is 1. The number of nitrogens with two attached hydrogens (primary N) is 1. The quantitative estimate of drug-likeness (QED) is 0.472. The highest BCUT2D eigenvalue weighted by Crippen LogP contribution is 2.07. The molecule has 2 nitrogen and oxygen atoms in total. The summed E-state index contributed by atoms with van der Waals surface area (Å²) in [6.45, 7) is 12.7. The second-order valence-electron chi connectivity index (χ2n) is 4.40. The first kappa shape index (κ1) is 15.7. The molecule has 0 saturated heterocycles. The van der Waals surface area contributed by atoms with Crippen LogP contribution in [0.15, 0.2) is 48.4 Å². The molecule has 0 aromatic rings. The Morgan fingerprint density at radius 1 is 1.18 bits per heavy atom. The van der Waals surface area contributed by atoms with Crippen molar-refractivity contribution < 1.29 is 0 Å². The van der Waals surface area contributed by atoms with Crippen molar-refractivity contribution in [2.24, 2.45) is 5.73 Å². The third kappa shape index (κ3) is 9.64. The van der Waals surface area contributed by atoms with Crippen LogP contribution >= 0.6 is 0 Å². The van der Waals surface area contributed by atoms with Gasteiger partial charge in [0.2, 0.25) is 0 Å². The van der Waals surface area contributed by atoms with E-state index in [-0.39, 0.29) is 0 Å². The topological polar surface area (TPSA) is 38.0 Å². The van der Waals surface area contributed by atoms with Gasteiger partial charge in [0.15, 0.2) is 0 Å². The molecule has 0 aliphatic heterocycles. The molecule has 0 aliphatic carbocycles. The van der Waals surface area contributed by atoms with Crippen LogP contribution in [0.4, 0.5) is 0 Å². The fourth-order valence-corrected chi connectivity index (χ4v) is 1.34. The fourth-order valence-electron chi connectivity index (χ4n) is 1.34. The van der Waals surface area contributed by atoms with Crippen molar-refractivity contribution in [1.82, 2.24) is 5.32 Å². The molecule has 0 fully saturated rings. The van der Waals surface area contributed by atoms with E-state index >= 15 is 0 Å². The molecule has 3 N–H and O–H groups in total. The number of allylic oxidation sites excluding steroid dienone is 5. The van der Waals surface area contributed by atoms with Crippen molar-refractivity contribution in [3.63, 3.8) is 0 Å². The molecule has 2 heteroatoms. The largest absolute Gasteiger partial charge is 0.359 e. The Bertz CT molecular complexity index is 294.